The summed E-state index contributed by atoms with van der Waals surface area (Å²) in [6, 6.07) is 0. The predicted octanol–water partition coefficient (Wildman–Crippen LogP) is -0.113. The molecule has 1 amide bonds. The number of hydrogen-bond donors (Lipinski definition) is 1. The summed E-state index contributed by atoms with van der Waals surface area (Å²) in [7, 11) is -1.78. The summed E-state index contributed by atoms with van der Waals surface area (Å²) in [5, 5.41) is 10.6. The molecule has 0 spiro atoms. The fourth-order valence-electron chi connectivity index (χ4n) is 2.90. The molecule has 0 aromatic carbocycles. The molecule has 2 aliphatic rings. The molecule has 0 radical (unpaired) electrons. The molecule has 6 nitrogen and oxygen atoms in total. The normalized spacial score (nSPS) is 31.1. The minimum absolute atomic E-state index is 0.0797. The molecule has 116 valence electrons. The molecule has 1 saturated heterocycles. The van der Waals surface area contributed by atoms with Crippen LogP contribution in [0, 0.1) is 11.8 Å². The Morgan fingerprint density at radius 3 is 2.55 bits per heavy atom. The highest BCUT2D eigenvalue weighted by molar-refractivity contribution is 7.88. The lowest BCUT2D eigenvalue weighted by atomic mass is 9.88. The van der Waals surface area contributed by atoms with Gasteiger partial charge < -0.3 is 10.0 Å². The number of nitrogens with zero attached hydrogens (tertiary/aromatic N) is 2. The smallest absolute Gasteiger partial charge is 0.224 e. The van der Waals surface area contributed by atoms with E-state index in [4.69, 9.17) is 0 Å². The van der Waals surface area contributed by atoms with Crippen molar-refractivity contribution >= 4 is 15.9 Å². The first kappa shape index (κ1) is 15.7. The maximum atomic E-state index is 12.1. The summed E-state index contributed by atoms with van der Waals surface area (Å²) in [6.07, 6.45) is 3.37. The molecule has 2 rings (SSSR count). The van der Waals surface area contributed by atoms with Crippen molar-refractivity contribution in [2.24, 2.45) is 11.8 Å². The van der Waals surface area contributed by atoms with Gasteiger partial charge in [-0.1, -0.05) is 6.92 Å². The van der Waals surface area contributed by atoms with E-state index in [1.54, 1.807) is 4.90 Å². The van der Waals surface area contributed by atoms with Crippen molar-refractivity contribution < 1.29 is 18.3 Å². The van der Waals surface area contributed by atoms with E-state index >= 15 is 0 Å². The topological polar surface area (TPSA) is 77.9 Å². The van der Waals surface area contributed by atoms with Crippen LogP contribution in [-0.2, 0) is 14.8 Å². The third kappa shape index (κ3) is 3.15. The van der Waals surface area contributed by atoms with Gasteiger partial charge in [0.15, 0.2) is 0 Å². The molecule has 0 unspecified atom stereocenters. The van der Waals surface area contributed by atoms with E-state index in [1.807, 2.05) is 6.92 Å². The van der Waals surface area contributed by atoms with Crippen LogP contribution in [0.5, 0.6) is 0 Å². The average Bonchev–Trinajstić information content (AvgIpc) is 3.13. The van der Waals surface area contributed by atoms with Crippen LogP contribution in [0.3, 0.4) is 0 Å². The zero-order valence-corrected chi connectivity index (χ0v) is 13.2. The molecule has 0 aromatic rings. The number of rotatable bonds is 5. The second kappa shape index (κ2) is 5.27. The van der Waals surface area contributed by atoms with Gasteiger partial charge in [0.1, 0.15) is 0 Å². The molecule has 1 aliphatic heterocycles. The van der Waals surface area contributed by atoms with Gasteiger partial charge in [-0.15, -0.1) is 0 Å². The first-order valence-corrected chi connectivity index (χ1v) is 8.91. The molecular weight excluding hydrogens is 280 g/mol. The van der Waals surface area contributed by atoms with Crippen molar-refractivity contribution in [1.29, 1.82) is 0 Å². The van der Waals surface area contributed by atoms with Crippen molar-refractivity contribution in [2.75, 3.05) is 32.9 Å². The number of aliphatic hydroxyl groups is 1. The summed E-state index contributed by atoms with van der Waals surface area (Å²) in [5.41, 5.74) is -0.738. The molecule has 1 aliphatic carbocycles. The van der Waals surface area contributed by atoms with Gasteiger partial charge >= 0.3 is 0 Å². The van der Waals surface area contributed by atoms with Crippen LogP contribution in [-0.4, -0.2) is 67.2 Å². The molecule has 1 saturated carbocycles. The van der Waals surface area contributed by atoms with Crippen LogP contribution in [0.15, 0.2) is 0 Å². The molecule has 7 heteroatoms. The number of carbonyl (C=O) groups is 1. The number of β-amino-alcohol motifs (C(OH)–C–C–N with tert-alkyl or cyclic N) is 1. The Morgan fingerprint density at radius 1 is 1.45 bits per heavy atom. The number of hydrogen-bond acceptors (Lipinski definition) is 4. The van der Waals surface area contributed by atoms with E-state index in [2.05, 4.69) is 0 Å². The van der Waals surface area contributed by atoms with E-state index in [9.17, 15) is 18.3 Å². The highest BCUT2D eigenvalue weighted by Gasteiger charge is 2.53. The third-order valence-corrected chi connectivity index (χ3v) is 5.95. The van der Waals surface area contributed by atoms with Crippen LogP contribution >= 0.6 is 0 Å². The molecule has 1 heterocycles. The molecule has 2 atom stereocenters. The van der Waals surface area contributed by atoms with Crippen LogP contribution < -0.4 is 0 Å². The predicted molar refractivity (Wildman–Crippen MR) is 75.5 cm³/mol. The molecule has 0 aromatic heterocycles. The van der Waals surface area contributed by atoms with Gasteiger partial charge in [-0.2, -0.15) is 0 Å². The van der Waals surface area contributed by atoms with Crippen molar-refractivity contribution in [2.45, 2.75) is 31.8 Å². The molecule has 20 heavy (non-hydrogen) atoms. The van der Waals surface area contributed by atoms with Gasteiger partial charge in [0.05, 0.1) is 11.9 Å². The third-order valence-electron chi connectivity index (χ3n) is 4.64. The Labute approximate surface area is 120 Å². The summed E-state index contributed by atoms with van der Waals surface area (Å²) in [6.45, 7) is 3.12. The summed E-state index contributed by atoms with van der Waals surface area (Å²) in [4.78, 5) is 13.8. The maximum absolute atomic E-state index is 12.1. The Kier molecular flexibility index (Phi) is 4.15. The van der Waals surface area contributed by atoms with Gasteiger partial charge in [-0.05, 0) is 18.8 Å². The zero-order valence-electron chi connectivity index (χ0n) is 12.4. The van der Waals surface area contributed by atoms with Crippen LogP contribution in [0.1, 0.15) is 26.2 Å². The minimum atomic E-state index is -3.25. The van der Waals surface area contributed by atoms with Gasteiger partial charge in [-0.25, -0.2) is 12.7 Å². The number of likely N-dealkylation sites (tertiary alicyclic amines) is 1. The SMILES string of the molecule is C[C@@H]1CN(C(=O)CCN(C)S(C)(=O)=O)C[C@@]1(O)C1CC1. The Balaban J connectivity index is 1.88. The van der Waals surface area contributed by atoms with Gasteiger partial charge in [0, 0.05) is 39.0 Å². The molecular formula is C13H24N2O4S. The summed E-state index contributed by atoms with van der Waals surface area (Å²) in [5.74, 6) is 0.338. The highest BCUT2D eigenvalue weighted by Crippen LogP contribution is 2.47. The fraction of sp³-hybridized carbons (Fsp3) is 0.923. The first-order valence-electron chi connectivity index (χ1n) is 7.06. The van der Waals surface area contributed by atoms with Gasteiger partial charge in [-0.3, -0.25) is 4.79 Å². The Morgan fingerprint density at radius 2 is 2.05 bits per heavy atom. The van der Waals surface area contributed by atoms with Gasteiger partial charge in [0.25, 0.3) is 0 Å². The van der Waals surface area contributed by atoms with Crippen LogP contribution in [0.25, 0.3) is 0 Å². The van der Waals surface area contributed by atoms with Crippen molar-refractivity contribution in [3.8, 4) is 0 Å². The first-order chi connectivity index (χ1) is 9.14. The largest absolute Gasteiger partial charge is 0.387 e. The number of amides is 1. The lowest BCUT2D eigenvalue weighted by molar-refractivity contribution is -0.131. The molecule has 0 bridgehead atoms. The average molecular weight is 304 g/mol. The number of carbonyl (C=O) groups excluding carboxylic acids is 1. The second-order valence-electron chi connectivity index (χ2n) is 6.28. The quantitative estimate of drug-likeness (QED) is 0.768. The van der Waals surface area contributed by atoms with Gasteiger partial charge in [0.2, 0.25) is 15.9 Å². The fourth-order valence-corrected chi connectivity index (χ4v) is 3.32. The lowest BCUT2D eigenvalue weighted by Gasteiger charge is -2.26. The monoisotopic (exact) mass is 304 g/mol. The summed E-state index contributed by atoms with van der Waals surface area (Å²) < 4.78 is 23.7. The Bertz CT molecular complexity index is 489. The summed E-state index contributed by atoms with van der Waals surface area (Å²) >= 11 is 0. The standard InChI is InChI=1S/C13H24N2O4S/c1-10-8-15(9-13(10,17)11-4-5-11)12(16)6-7-14(2)20(3,18)19/h10-11,17H,4-9H2,1-3H3/t10-,13+/m1/s1. The van der Waals surface area contributed by atoms with E-state index in [1.165, 1.54) is 11.4 Å². The molecule has 2 fully saturated rings. The van der Waals surface area contributed by atoms with Crippen LogP contribution in [0.2, 0.25) is 0 Å². The Hall–Kier alpha value is -0.660. The van der Waals surface area contributed by atoms with E-state index < -0.39 is 15.6 Å². The van der Waals surface area contributed by atoms with E-state index in [0.29, 0.717) is 19.0 Å². The van der Waals surface area contributed by atoms with Crippen molar-refractivity contribution in [3.05, 3.63) is 0 Å². The zero-order chi connectivity index (χ0) is 15.1. The highest BCUT2D eigenvalue weighted by atomic mass is 32.2. The van der Waals surface area contributed by atoms with Crippen molar-refractivity contribution in [3.63, 3.8) is 0 Å². The second-order valence-corrected chi connectivity index (χ2v) is 8.36. The van der Waals surface area contributed by atoms with E-state index in [0.717, 1.165) is 19.1 Å². The number of sulfonamides is 1. The van der Waals surface area contributed by atoms with Crippen molar-refractivity contribution in [1.82, 2.24) is 9.21 Å². The molecule has 1 N–H and O–H groups in total. The van der Waals surface area contributed by atoms with Crippen LogP contribution in [0.4, 0.5) is 0 Å². The maximum Gasteiger partial charge on any atom is 0.224 e. The minimum Gasteiger partial charge on any atom is -0.387 e. The lowest BCUT2D eigenvalue weighted by Crippen LogP contribution is -2.41. The van der Waals surface area contributed by atoms with E-state index in [-0.39, 0.29) is 24.8 Å².